The van der Waals surface area contributed by atoms with Crippen molar-refractivity contribution in [2.75, 3.05) is 6.54 Å². The van der Waals surface area contributed by atoms with Gasteiger partial charge in [-0.25, -0.2) is 4.98 Å². The molecule has 0 fully saturated rings. The van der Waals surface area contributed by atoms with Crippen molar-refractivity contribution < 1.29 is 0 Å². The van der Waals surface area contributed by atoms with Gasteiger partial charge in [-0.3, -0.25) is 0 Å². The number of aromatic nitrogens is 2. The Bertz CT molecular complexity index is 250. The fourth-order valence-corrected chi connectivity index (χ4v) is 1.10. The summed E-state index contributed by atoms with van der Waals surface area (Å²) < 4.78 is 0. The van der Waals surface area contributed by atoms with Crippen LogP contribution in [0.5, 0.6) is 0 Å². The second-order valence-corrected chi connectivity index (χ2v) is 4.82. The molecule has 0 saturated carbocycles. The number of imidazole rings is 1. The molecule has 0 atom stereocenters. The zero-order chi connectivity index (χ0) is 10.6. The van der Waals surface area contributed by atoms with E-state index < -0.39 is 0 Å². The summed E-state index contributed by atoms with van der Waals surface area (Å²) in [5.74, 6) is 0.691. The fourth-order valence-electron chi connectivity index (χ4n) is 1.10. The van der Waals surface area contributed by atoms with Gasteiger partial charge in [-0.05, 0) is 11.3 Å². The van der Waals surface area contributed by atoms with Crippen LogP contribution in [0.15, 0.2) is 12.5 Å². The summed E-state index contributed by atoms with van der Waals surface area (Å²) in [6, 6.07) is 0. The van der Waals surface area contributed by atoms with Crippen molar-refractivity contribution in [1.29, 1.82) is 0 Å². The van der Waals surface area contributed by atoms with Crippen LogP contribution in [0.3, 0.4) is 0 Å². The van der Waals surface area contributed by atoms with Gasteiger partial charge in [0.2, 0.25) is 0 Å². The molecule has 0 aliphatic carbocycles. The Morgan fingerprint density at radius 2 is 2.21 bits per heavy atom. The molecule has 0 saturated heterocycles. The van der Waals surface area contributed by atoms with Crippen molar-refractivity contribution >= 4 is 0 Å². The van der Waals surface area contributed by atoms with Crippen molar-refractivity contribution in [2.24, 2.45) is 11.3 Å². The minimum atomic E-state index is 0.347. The van der Waals surface area contributed by atoms with Gasteiger partial charge in [0, 0.05) is 25.0 Å². The maximum Gasteiger partial charge on any atom is 0.0922 e. The highest BCUT2D eigenvalue weighted by atomic mass is 14.9. The number of aromatic amines is 1. The molecule has 0 radical (unpaired) electrons. The molecule has 14 heavy (non-hydrogen) atoms. The summed E-state index contributed by atoms with van der Waals surface area (Å²) in [6.07, 6.45) is 3.57. The molecule has 1 aromatic rings. The molecule has 0 aromatic carbocycles. The summed E-state index contributed by atoms with van der Waals surface area (Å²) in [4.78, 5) is 7.06. The monoisotopic (exact) mass is 195 g/mol. The van der Waals surface area contributed by atoms with Crippen LogP contribution in [0.1, 0.15) is 33.4 Å². The van der Waals surface area contributed by atoms with Gasteiger partial charge < -0.3 is 10.3 Å². The molecule has 80 valence electrons. The third kappa shape index (κ3) is 3.14. The van der Waals surface area contributed by atoms with E-state index in [0.717, 1.165) is 18.8 Å². The van der Waals surface area contributed by atoms with Crippen LogP contribution in [-0.4, -0.2) is 16.5 Å². The second kappa shape index (κ2) is 4.60. The van der Waals surface area contributed by atoms with Gasteiger partial charge in [-0.1, -0.05) is 27.7 Å². The van der Waals surface area contributed by atoms with Crippen LogP contribution in [0, 0.1) is 11.3 Å². The molecule has 1 heterocycles. The largest absolute Gasteiger partial charge is 0.347 e. The lowest BCUT2D eigenvalue weighted by atomic mass is 9.81. The first-order valence-electron chi connectivity index (χ1n) is 5.20. The Balaban J connectivity index is 2.28. The van der Waals surface area contributed by atoms with Crippen LogP contribution in [0.4, 0.5) is 0 Å². The highest BCUT2D eigenvalue weighted by molar-refractivity contribution is 4.93. The summed E-state index contributed by atoms with van der Waals surface area (Å²) in [5, 5.41) is 3.44. The number of hydrogen-bond donors (Lipinski definition) is 2. The lowest BCUT2D eigenvalue weighted by Crippen LogP contribution is -2.33. The summed E-state index contributed by atoms with van der Waals surface area (Å²) >= 11 is 0. The molecule has 0 bridgehead atoms. The number of rotatable bonds is 5. The number of hydrogen-bond acceptors (Lipinski definition) is 2. The quantitative estimate of drug-likeness (QED) is 0.756. The standard InChI is InChI=1S/C11H21N3/c1-9(2)11(3,4)7-12-5-10-6-13-8-14-10/h6,8-9,12H,5,7H2,1-4H3,(H,13,14). The van der Waals surface area contributed by atoms with E-state index in [0.29, 0.717) is 11.3 Å². The molecule has 0 aliphatic rings. The maximum absolute atomic E-state index is 3.98. The molecular weight excluding hydrogens is 174 g/mol. The van der Waals surface area contributed by atoms with Gasteiger partial charge in [0.1, 0.15) is 0 Å². The average molecular weight is 195 g/mol. The molecular formula is C11H21N3. The van der Waals surface area contributed by atoms with E-state index in [2.05, 4.69) is 43.0 Å². The molecule has 0 spiro atoms. The van der Waals surface area contributed by atoms with Gasteiger partial charge in [0.15, 0.2) is 0 Å². The van der Waals surface area contributed by atoms with Crippen molar-refractivity contribution in [3.63, 3.8) is 0 Å². The Kier molecular flexibility index (Phi) is 3.69. The second-order valence-electron chi connectivity index (χ2n) is 4.82. The van der Waals surface area contributed by atoms with Crippen molar-refractivity contribution in [3.05, 3.63) is 18.2 Å². The smallest absolute Gasteiger partial charge is 0.0922 e. The lowest BCUT2D eigenvalue weighted by molar-refractivity contribution is 0.237. The molecule has 3 nitrogen and oxygen atoms in total. The fraction of sp³-hybridized carbons (Fsp3) is 0.727. The van der Waals surface area contributed by atoms with Crippen LogP contribution < -0.4 is 5.32 Å². The van der Waals surface area contributed by atoms with Crippen molar-refractivity contribution in [2.45, 2.75) is 34.2 Å². The van der Waals surface area contributed by atoms with Crippen LogP contribution >= 0.6 is 0 Å². The van der Waals surface area contributed by atoms with Gasteiger partial charge in [-0.15, -0.1) is 0 Å². The zero-order valence-electron chi connectivity index (χ0n) is 9.59. The number of H-pyrrole nitrogens is 1. The molecule has 0 amide bonds. The lowest BCUT2D eigenvalue weighted by Gasteiger charge is -2.29. The first kappa shape index (κ1) is 11.2. The average Bonchev–Trinajstić information content (AvgIpc) is 2.56. The van der Waals surface area contributed by atoms with Gasteiger partial charge in [0.25, 0.3) is 0 Å². The van der Waals surface area contributed by atoms with E-state index in [1.54, 1.807) is 6.33 Å². The maximum atomic E-state index is 3.98. The highest BCUT2D eigenvalue weighted by Crippen LogP contribution is 2.24. The minimum Gasteiger partial charge on any atom is -0.347 e. The Morgan fingerprint density at radius 3 is 2.71 bits per heavy atom. The van der Waals surface area contributed by atoms with E-state index in [1.165, 1.54) is 0 Å². The molecule has 0 unspecified atom stereocenters. The first-order valence-corrected chi connectivity index (χ1v) is 5.20. The Morgan fingerprint density at radius 1 is 1.50 bits per heavy atom. The van der Waals surface area contributed by atoms with E-state index in [4.69, 9.17) is 0 Å². The SMILES string of the molecule is CC(C)C(C)(C)CNCc1cnc[nH]1. The van der Waals surface area contributed by atoms with Crippen LogP contribution in [-0.2, 0) is 6.54 Å². The Hall–Kier alpha value is -0.830. The Labute approximate surface area is 86.3 Å². The first-order chi connectivity index (χ1) is 6.52. The topological polar surface area (TPSA) is 40.7 Å². The number of nitrogens with zero attached hydrogens (tertiary/aromatic N) is 1. The summed E-state index contributed by atoms with van der Waals surface area (Å²) in [5.41, 5.74) is 1.49. The van der Waals surface area contributed by atoms with E-state index in [9.17, 15) is 0 Å². The molecule has 3 heteroatoms. The van der Waals surface area contributed by atoms with E-state index in [-0.39, 0.29) is 0 Å². The predicted octanol–water partition coefficient (Wildman–Crippen LogP) is 2.18. The highest BCUT2D eigenvalue weighted by Gasteiger charge is 2.21. The van der Waals surface area contributed by atoms with Gasteiger partial charge in [-0.2, -0.15) is 0 Å². The predicted molar refractivity (Wildman–Crippen MR) is 58.9 cm³/mol. The zero-order valence-corrected chi connectivity index (χ0v) is 9.59. The molecule has 1 rings (SSSR count). The van der Waals surface area contributed by atoms with Crippen LogP contribution in [0.25, 0.3) is 0 Å². The summed E-state index contributed by atoms with van der Waals surface area (Å²) in [6.45, 7) is 11.0. The minimum absolute atomic E-state index is 0.347. The molecule has 0 aliphatic heterocycles. The third-order valence-corrected chi connectivity index (χ3v) is 3.01. The van der Waals surface area contributed by atoms with E-state index in [1.807, 2.05) is 6.20 Å². The van der Waals surface area contributed by atoms with Gasteiger partial charge in [0.05, 0.1) is 6.33 Å². The third-order valence-electron chi connectivity index (χ3n) is 3.01. The molecule has 1 aromatic heterocycles. The van der Waals surface area contributed by atoms with Gasteiger partial charge >= 0.3 is 0 Å². The normalized spacial score (nSPS) is 12.4. The van der Waals surface area contributed by atoms with E-state index >= 15 is 0 Å². The number of nitrogens with one attached hydrogen (secondary N) is 2. The van der Waals surface area contributed by atoms with Crippen molar-refractivity contribution in [1.82, 2.24) is 15.3 Å². The van der Waals surface area contributed by atoms with Crippen molar-refractivity contribution in [3.8, 4) is 0 Å². The summed E-state index contributed by atoms with van der Waals surface area (Å²) in [7, 11) is 0. The van der Waals surface area contributed by atoms with Crippen LogP contribution in [0.2, 0.25) is 0 Å². The molecule has 2 N–H and O–H groups in total.